The molecule has 1 saturated heterocycles. The summed E-state index contributed by atoms with van der Waals surface area (Å²) in [6, 6.07) is 5.27. The zero-order valence-corrected chi connectivity index (χ0v) is 11.9. The number of nitrogen functional groups attached to an aromatic ring is 1. The molecule has 1 aromatic rings. The third-order valence-corrected chi connectivity index (χ3v) is 4.49. The van der Waals surface area contributed by atoms with Crippen LogP contribution in [0.4, 0.5) is 5.69 Å². The second-order valence-electron chi connectivity index (χ2n) is 5.98. The maximum Gasteiger partial charge on any atom is 0.338 e. The molecule has 1 spiro atoms. The Morgan fingerprint density at radius 2 is 2.25 bits per heavy atom. The number of aryl methyl sites for hydroxylation is 1. The summed E-state index contributed by atoms with van der Waals surface area (Å²) in [6.45, 7) is 2.59. The van der Waals surface area contributed by atoms with Gasteiger partial charge in [-0.1, -0.05) is 0 Å². The highest BCUT2D eigenvalue weighted by Gasteiger charge is 2.43. The Morgan fingerprint density at radius 3 is 2.90 bits per heavy atom. The minimum atomic E-state index is -0.255. The molecule has 20 heavy (non-hydrogen) atoms. The third-order valence-electron chi connectivity index (χ3n) is 4.49. The fraction of sp³-hybridized carbons (Fsp3) is 0.562. The van der Waals surface area contributed by atoms with E-state index in [1.807, 2.05) is 6.92 Å². The Bertz CT molecular complexity index is 522. The monoisotopic (exact) mass is 275 g/mol. The molecule has 0 radical (unpaired) electrons. The van der Waals surface area contributed by atoms with Crippen molar-refractivity contribution in [1.82, 2.24) is 0 Å². The number of hydrogen-bond acceptors (Lipinski definition) is 4. The Hall–Kier alpha value is -1.55. The fourth-order valence-corrected chi connectivity index (χ4v) is 3.03. The zero-order valence-electron chi connectivity index (χ0n) is 11.9. The number of ether oxygens (including phenoxy) is 2. The van der Waals surface area contributed by atoms with Crippen molar-refractivity contribution in [3.05, 3.63) is 29.3 Å². The third kappa shape index (κ3) is 2.52. The van der Waals surface area contributed by atoms with Crippen molar-refractivity contribution >= 4 is 11.7 Å². The maximum absolute atomic E-state index is 12.2. The average molecular weight is 275 g/mol. The van der Waals surface area contributed by atoms with Crippen LogP contribution in [0.1, 0.15) is 48.0 Å². The van der Waals surface area contributed by atoms with Gasteiger partial charge in [0, 0.05) is 18.5 Å². The average Bonchev–Trinajstić information content (AvgIpc) is 2.40. The van der Waals surface area contributed by atoms with Gasteiger partial charge in [0.15, 0.2) is 0 Å². The first-order valence-electron chi connectivity index (χ1n) is 7.29. The number of carbonyl (C=O) groups excluding carboxylic acids is 1. The molecule has 0 aromatic heterocycles. The lowest BCUT2D eigenvalue weighted by Gasteiger charge is -2.46. The van der Waals surface area contributed by atoms with Gasteiger partial charge in [-0.2, -0.15) is 0 Å². The van der Waals surface area contributed by atoms with Gasteiger partial charge in [-0.3, -0.25) is 0 Å². The van der Waals surface area contributed by atoms with Crippen LogP contribution in [0.3, 0.4) is 0 Å². The number of nitrogens with two attached hydrogens (primary N) is 1. The number of hydrogen-bond donors (Lipinski definition) is 1. The van der Waals surface area contributed by atoms with Gasteiger partial charge in [-0.15, -0.1) is 0 Å². The van der Waals surface area contributed by atoms with Gasteiger partial charge < -0.3 is 15.2 Å². The van der Waals surface area contributed by atoms with E-state index in [9.17, 15) is 4.79 Å². The largest absolute Gasteiger partial charge is 0.459 e. The molecule has 1 heterocycles. The maximum atomic E-state index is 12.2. The highest BCUT2D eigenvalue weighted by atomic mass is 16.6. The minimum Gasteiger partial charge on any atom is -0.459 e. The normalized spacial score (nSPS) is 24.1. The summed E-state index contributed by atoms with van der Waals surface area (Å²) >= 11 is 0. The lowest BCUT2D eigenvalue weighted by Crippen LogP contribution is -2.48. The molecule has 4 nitrogen and oxygen atoms in total. The van der Waals surface area contributed by atoms with Crippen molar-refractivity contribution < 1.29 is 14.3 Å². The quantitative estimate of drug-likeness (QED) is 0.666. The van der Waals surface area contributed by atoms with E-state index < -0.39 is 0 Å². The summed E-state index contributed by atoms with van der Waals surface area (Å²) in [5.41, 5.74) is 7.94. The molecule has 1 aliphatic heterocycles. The van der Waals surface area contributed by atoms with E-state index in [2.05, 4.69) is 0 Å². The Balaban J connectivity index is 1.64. The van der Waals surface area contributed by atoms with Crippen LogP contribution in [-0.2, 0) is 9.47 Å². The second-order valence-corrected chi connectivity index (χ2v) is 5.98. The van der Waals surface area contributed by atoms with Gasteiger partial charge in [0.1, 0.15) is 6.10 Å². The molecule has 1 aromatic carbocycles. The van der Waals surface area contributed by atoms with Crippen molar-refractivity contribution in [1.29, 1.82) is 0 Å². The number of rotatable bonds is 2. The van der Waals surface area contributed by atoms with E-state index >= 15 is 0 Å². The van der Waals surface area contributed by atoms with Crippen LogP contribution in [0.15, 0.2) is 18.2 Å². The SMILES string of the molecule is Cc1cc(C(=O)OC2CCOC3(CCC3)C2)ccc1N. The Labute approximate surface area is 119 Å². The summed E-state index contributed by atoms with van der Waals surface area (Å²) in [5, 5.41) is 0. The molecule has 3 rings (SSSR count). The molecule has 1 aliphatic carbocycles. The molecule has 2 aliphatic rings. The molecule has 0 amide bonds. The molecule has 1 saturated carbocycles. The van der Waals surface area contributed by atoms with E-state index in [1.54, 1.807) is 18.2 Å². The summed E-state index contributed by atoms with van der Waals surface area (Å²) in [6.07, 6.45) is 5.03. The van der Waals surface area contributed by atoms with Gasteiger partial charge in [-0.25, -0.2) is 4.79 Å². The first-order valence-corrected chi connectivity index (χ1v) is 7.29. The molecule has 108 valence electrons. The topological polar surface area (TPSA) is 61.5 Å². The molecular formula is C16H21NO3. The van der Waals surface area contributed by atoms with E-state index in [0.717, 1.165) is 31.2 Å². The van der Waals surface area contributed by atoms with E-state index in [1.165, 1.54) is 6.42 Å². The standard InChI is InChI=1S/C16H21NO3/c1-11-9-12(3-4-14(11)17)15(18)20-13-5-8-19-16(10-13)6-2-7-16/h3-4,9,13H,2,5-8,10,17H2,1H3. The van der Waals surface area contributed by atoms with Gasteiger partial charge in [-0.05, 0) is 49.9 Å². The predicted octanol–water partition coefficient (Wildman–Crippen LogP) is 2.84. The molecule has 2 fully saturated rings. The van der Waals surface area contributed by atoms with Crippen LogP contribution < -0.4 is 5.73 Å². The smallest absolute Gasteiger partial charge is 0.338 e. The summed E-state index contributed by atoms with van der Waals surface area (Å²) < 4.78 is 11.5. The molecule has 1 atom stereocenters. The first-order chi connectivity index (χ1) is 9.58. The molecular weight excluding hydrogens is 254 g/mol. The number of benzene rings is 1. The van der Waals surface area contributed by atoms with Crippen molar-refractivity contribution in [2.45, 2.75) is 50.7 Å². The van der Waals surface area contributed by atoms with Crippen molar-refractivity contribution in [3.8, 4) is 0 Å². The summed E-state index contributed by atoms with van der Waals surface area (Å²) in [7, 11) is 0. The van der Waals surface area contributed by atoms with Gasteiger partial charge in [0.2, 0.25) is 0 Å². The summed E-state index contributed by atoms with van der Waals surface area (Å²) in [5.74, 6) is -0.255. The lowest BCUT2D eigenvalue weighted by molar-refractivity contribution is -0.159. The zero-order chi connectivity index (χ0) is 14.2. The Morgan fingerprint density at radius 1 is 1.45 bits per heavy atom. The minimum absolute atomic E-state index is 0.000228. The van der Waals surface area contributed by atoms with Crippen molar-refractivity contribution in [2.24, 2.45) is 0 Å². The lowest BCUT2D eigenvalue weighted by atomic mass is 9.74. The number of anilines is 1. The highest BCUT2D eigenvalue weighted by Crippen LogP contribution is 2.43. The second kappa shape index (κ2) is 5.09. The van der Waals surface area contributed by atoms with E-state index in [4.69, 9.17) is 15.2 Å². The van der Waals surface area contributed by atoms with Crippen LogP contribution in [0.25, 0.3) is 0 Å². The first kappa shape index (κ1) is 13.4. The van der Waals surface area contributed by atoms with Crippen molar-refractivity contribution in [2.75, 3.05) is 12.3 Å². The summed E-state index contributed by atoms with van der Waals surface area (Å²) in [4.78, 5) is 12.2. The van der Waals surface area contributed by atoms with Crippen LogP contribution >= 0.6 is 0 Å². The molecule has 4 heteroatoms. The number of carbonyl (C=O) groups is 1. The molecule has 0 bridgehead atoms. The van der Waals surface area contributed by atoms with E-state index in [-0.39, 0.29) is 17.7 Å². The van der Waals surface area contributed by atoms with Crippen LogP contribution in [0, 0.1) is 6.92 Å². The van der Waals surface area contributed by atoms with Gasteiger partial charge in [0.25, 0.3) is 0 Å². The van der Waals surface area contributed by atoms with Crippen LogP contribution in [-0.4, -0.2) is 24.3 Å². The van der Waals surface area contributed by atoms with Crippen LogP contribution in [0.2, 0.25) is 0 Å². The van der Waals surface area contributed by atoms with Crippen molar-refractivity contribution in [3.63, 3.8) is 0 Å². The van der Waals surface area contributed by atoms with E-state index in [0.29, 0.717) is 17.9 Å². The van der Waals surface area contributed by atoms with Gasteiger partial charge >= 0.3 is 5.97 Å². The molecule has 2 N–H and O–H groups in total. The Kier molecular flexibility index (Phi) is 3.42. The van der Waals surface area contributed by atoms with Gasteiger partial charge in [0.05, 0.1) is 17.8 Å². The molecule has 1 unspecified atom stereocenters. The highest BCUT2D eigenvalue weighted by molar-refractivity contribution is 5.90. The van der Waals surface area contributed by atoms with Crippen LogP contribution in [0.5, 0.6) is 0 Å². The fourth-order valence-electron chi connectivity index (χ4n) is 3.03. The number of esters is 1. The predicted molar refractivity (Wildman–Crippen MR) is 76.6 cm³/mol.